The quantitative estimate of drug-likeness (QED) is 0.797. The predicted molar refractivity (Wildman–Crippen MR) is 93.0 cm³/mol. The van der Waals surface area contributed by atoms with Crippen LogP contribution in [0.4, 0.5) is 0 Å². The molecule has 5 nitrogen and oxygen atoms in total. The maximum Gasteiger partial charge on any atom is 0.164 e. The molecule has 0 bridgehead atoms. The van der Waals surface area contributed by atoms with Crippen LogP contribution in [-0.2, 0) is 0 Å². The Hall–Kier alpha value is -2.40. The van der Waals surface area contributed by atoms with Crippen molar-refractivity contribution in [1.82, 2.24) is 14.6 Å². The summed E-state index contributed by atoms with van der Waals surface area (Å²) in [6, 6.07) is 12.3. The van der Waals surface area contributed by atoms with Gasteiger partial charge in [-0.05, 0) is 30.0 Å². The van der Waals surface area contributed by atoms with E-state index in [2.05, 4.69) is 36.2 Å². The maximum atomic E-state index is 6.27. The fraction of sp³-hybridized carbons (Fsp3) is 0.368. The molecule has 2 heterocycles. The normalized spacial score (nSPS) is 20.3. The summed E-state index contributed by atoms with van der Waals surface area (Å²) in [7, 11) is 0. The summed E-state index contributed by atoms with van der Waals surface area (Å²) in [5.74, 6) is 2.12. The largest absolute Gasteiger partial charge is 0.486 e. The highest BCUT2D eigenvalue weighted by atomic mass is 16.5. The molecule has 5 heteroatoms. The minimum absolute atomic E-state index is 0.0379. The number of hydrogen-bond donors (Lipinski definition) is 1. The third-order valence-corrected chi connectivity index (χ3v) is 4.68. The molecule has 1 aliphatic carbocycles. The summed E-state index contributed by atoms with van der Waals surface area (Å²) in [6.07, 6.45) is 3.89. The Bertz CT molecular complexity index is 871. The first-order chi connectivity index (χ1) is 11.6. The van der Waals surface area contributed by atoms with Crippen molar-refractivity contribution in [2.24, 2.45) is 5.73 Å². The molecule has 0 spiro atoms. The van der Waals surface area contributed by atoms with Crippen molar-refractivity contribution in [3.05, 3.63) is 59.5 Å². The molecular formula is C19H22N4O. The van der Waals surface area contributed by atoms with Crippen LogP contribution in [0.1, 0.15) is 61.7 Å². The van der Waals surface area contributed by atoms with Gasteiger partial charge in [0, 0.05) is 24.2 Å². The lowest BCUT2D eigenvalue weighted by molar-refractivity contribution is 0.177. The number of nitrogens with zero attached hydrogens (tertiary/aromatic N) is 3. The van der Waals surface area contributed by atoms with Crippen LogP contribution in [0.3, 0.4) is 0 Å². The SMILES string of the molecule is CC(C)c1nnc2cc(O[C@@H]3CC[C@H](N)c4ccccc43)ccn12. The third-order valence-electron chi connectivity index (χ3n) is 4.68. The molecule has 0 radical (unpaired) electrons. The van der Waals surface area contributed by atoms with Gasteiger partial charge in [0.2, 0.25) is 0 Å². The zero-order valence-electron chi connectivity index (χ0n) is 14.0. The van der Waals surface area contributed by atoms with Gasteiger partial charge in [-0.25, -0.2) is 0 Å². The number of nitrogens with two attached hydrogens (primary N) is 1. The summed E-state index contributed by atoms with van der Waals surface area (Å²) in [5.41, 5.74) is 9.44. The average molecular weight is 322 g/mol. The molecule has 24 heavy (non-hydrogen) atoms. The van der Waals surface area contributed by atoms with E-state index in [-0.39, 0.29) is 12.1 Å². The third kappa shape index (κ3) is 2.55. The number of pyridine rings is 1. The highest BCUT2D eigenvalue weighted by Crippen LogP contribution is 2.37. The molecule has 2 N–H and O–H groups in total. The molecule has 0 unspecified atom stereocenters. The van der Waals surface area contributed by atoms with Gasteiger partial charge in [-0.3, -0.25) is 4.40 Å². The summed E-state index contributed by atoms with van der Waals surface area (Å²) in [6.45, 7) is 4.23. The molecule has 0 saturated heterocycles. The number of benzene rings is 1. The summed E-state index contributed by atoms with van der Waals surface area (Å²) in [4.78, 5) is 0. The first-order valence-electron chi connectivity index (χ1n) is 8.49. The maximum absolute atomic E-state index is 6.27. The van der Waals surface area contributed by atoms with E-state index in [0.717, 1.165) is 30.1 Å². The first kappa shape index (κ1) is 15.1. The minimum atomic E-state index is 0.0379. The fourth-order valence-electron chi connectivity index (χ4n) is 3.43. The molecule has 0 amide bonds. The van der Waals surface area contributed by atoms with Crippen LogP contribution in [0, 0.1) is 0 Å². The van der Waals surface area contributed by atoms with Crippen molar-refractivity contribution in [2.75, 3.05) is 0 Å². The predicted octanol–water partition coefficient (Wildman–Crippen LogP) is 3.77. The monoisotopic (exact) mass is 322 g/mol. The van der Waals surface area contributed by atoms with Crippen LogP contribution in [0.5, 0.6) is 5.75 Å². The Labute approximate surface area is 141 Å². The van der Waals surface area contributed by atoms with Crippen LogP contribution in [0.25, 0.3) is 5.65 Å². The van der Waals surface area contributed by atoms with E-state index >= 15 is 0 Å². The van der Waals surface area contributed by atoms with E-state index in [4.69, 9.17) is 10.5 Å². The Morgan fingerprint density at radius 3 is 2.71 bits per heavy atom. The topological polar surface area (TPSA) is 65.4 Å². The van der Waals surface area contributed by atoms with Gasteiger partial charge in [0.1, 0.15) is 17.7 Å². The molecule has 124 valence electrons. The second-order valence-corrected chi connectivity index (χ2v) is 6.72. The fourth-order valence-corrected chi connectivity index (χ4v) is 3.43. The summed E-state index contributed by atoms with van der Waals surface area (Å²) >= 11 is 0. The van der Waals surface area contributed by atoms with E-state index in [0.29, 0.717) is 5.92 Å². The van der Waals surface area contributed by atoms with Gasteiger partial charge in [-0.15, -0.1) is 10.2 Å². The summed E-state index contributed by atoms with van der Waals surface area (Å²) in [5, 5.41) is 8.53. The van der Waals surface area contributed by atoms with Crippen molar-refractivity contribution in [1.29, 1.82) is 0 Å². The van der Waals surface area contributed by atoms with Crippen molar-refractivity contribution in [2.45, 2.75) is 44.8 Å². The van der Waals surface area contributed by atoms with E-state index in [9.17, 15) is 0 Å². The zero-order chi connectivity index (χ0) is 16.7. The summed E-state index contributed by atoms with van der Waals surface area (Å²) < 4.78 is 8.29. The van der Waals surface area contributed by atoms with Crippen molar-refractivity contribution < 1.29 is 4.74 Å². The van der Waals surface area contributed by atoms with E-state index in [1.807, 2.05) is 34.9 Å². The molecule has 0 fully saturated rings. The van der Waals surface area contributed by atoms with E-state index < -0.39 is 0 Å². The number of rotatable bonds is 3. The smallest absolute Gasteiger partial charge is 0.164 e. The highest BCUT2D eigenvalue weighted by Gasteiger charge is 2.26. The lowest BCUT2D eigenvalue weighted by atomic mass is 9.86. The van der Waals surface area contributed by atoms with Gasteiger partial charge in [0.15, 0.2) is 5.65 Å². The molecule has 1 aromatic carbocycles. The number of hydrogen-bond acceptors (Lipinski definition) is 4. The van der Waals surface area contributed by atoms with Gasteiger partial charge in [-0.1, -0.05) is 38.1 Å². The molecule has 0 aliphatic heterocycles. The molecule has 4 rings (SSSR count). The van der Waals surface area contributed by atoms with Crippen LogP contribution in [0.15, 0.2) is 42.6 Å². The minimum Gasteiger partial charge on any atom is -0.486 e. The Kier molecular flexibility index (Phi) is 3.73. The van der Waals surface area contributed by atoms with Crippen LogP contribution in [-0.4, -0.2) is 14.6 Å². The van der Waals surface area contributed by atoms with Gasteiger partial charge in [0.05, 0.1) is 0 Å². The average Bonchev–Trinajstić information content (AvgIpc) is 3.01. The van der Waals surface area contributed by atoms with Crippen LogP contribution >= 0.6 is 0 Å². The van der Waals surface area contributed by atoms with Crippen molar-refractivity contribution in [3.63, 3.8) is 0 Å². The van der Waals surface area contributed by atoms with Gasteiger partial charge >= 0.3 is 0 Å². The Morgan fingerprint density at radius 2 is 1.92 bits per heavy atom. The highest BCUT2D eigenvalue weighted by molar-refractivity contribution is 5.45. The van der Waals surface area contributed by atoms with E-state index in [1.165, 1.54) is 11.1 Å². The first-order valence-corrected chi connectivity index (χ1v) is 8.49. The van der Waals surface area contributed by atoms with Crippen molar-refractivity contribution >= 4 is 5.65 Å². The zero-order valence-corrected chi connectivity index (χ0v) is 14.0. The molecule has 2 aromatic heterocycles. The lowest BCUT2D eigenvalue weighted by Crippen LogP contribution is -2.23. The standard InChI is InChI=1S/C19H22N4O/c1-12(2)19-22-21-18-11-13(9-10-23(18)19)24-17-8-7-16(20)14-5-3-4-6-15(14)17/h3-6,9-12,16-17H,7-8,20H2,1-2H3/t16-,17+/m0/s1. The van der Waals surface area contributed by atoms with Crippen molar-refractivity contribution in [3.8, 4) is 5.75 Å². The molecular weight excluding hydrogens is 300 g/mol. The number of ether oxygens (including phenoxy) is 1. The van der Waals surface area contributed by atoms with Gasteiger partial charge in [0.25, 0.3) is 0 Å². The molecule has 0 saturated carbocycles. The van der Waals surface area contributed by atoms with E-state index in [1.54, 1.807) is 0 Å². The van der Waals surface area contributed by atoms with Crippen LogP contribution in [0.2, 0.25) is 0 Å². The molecule has 1 aliphatic rings. The Morgan fingerprint density at radius 1 is 1.12 bits per heavy atom. The second-order valence-electron chi connectivity index (χ2n) is 6.72. The molecule has 3 aromatic rings. The van der Waals surface area contributed by atoms with Gasteiger partial charge < -0.3 is 10.5 Å². The Balaban J connectivity index is 1.64. The lowest BCUT2D eigenvalue weighted by Gasteiger charge is -2.30. The molecule has 2 atom stereocenters. The number of aromatic nitrogens is 3. The van der Waals surface area contributed by atoms with Crippen LogP contribution < -0.4 is 10.5 Å². The number of fused-ring (bicyclic) bond motifs is 2. The second kappa shape index (κ2) is 5.91. The van der Waals surface area contributed by atoms with Gasteiger partial charge in [-0.2, -0.15) is 0 Å².